The van der Waals surface area contributed by atoms with Gasteiger partial charge in [0.05, 0.1) is 13.2 Å². The van der Waals surface area contributed by atoms with Gasteiger partial charge in [-0.1, -0.05) is 0 Å². The van der Waals surface area contributed by atoms with Gasteiger partial charge in [-0.3, -0.25) is 4.79 Å². The molecule has 0 radical (unpaired) electrons. The summed E-state index contributed by atoms with van der Waals surface area (Å²) < 4.78 is 15.4. The molecule has 78 valence electrons. The molecule has 14 heavy (non-hydrogen) atoms. The predicted molar refractivity (Wildman–Crippen MR) is 50.2 cm³/mol. The molecule has 1 rings (SSSR count). The van der Waals surface area contributed by atoms with Gasteiger partial charge in [-0.05, 0) is 19.1 Å². The Kier molecular flexibility index (Phi) is 4.96. The molecule has 0 N–H and O–H groups in total. The Bertz CT molecular complexity index is 267. The van der Waals surface area contributed by atoms with Crippen molar-refractivity contribution in [3.63, 3.8) is 0 Å². The van der Waals surface area contributed by atoms with Crippen LogP contribution in [-0.2, 0) is 16.1 Å². The van der Waals surface area contributed by atoms with Crippen molar-refractivity contribution in [3.8, 4) is 0 Å². The molecule has 0 saturated heterocycles. The first kappa shape index (κ1) is 10.9. The van der Waals surface area contributed by atoms with Gasteiger partial charge >= 0.3 is 0 Å². The Morgan fingerprint density at radius 2 is 2.14 bits per heavy atom. The number of furan rings is 1. The van der Waals surface area contributed by atoms with Crippen LogP contribution in [0.3, 0.4) is 0 Å². The molecular weight excluding hydrogens is 184 g/mol. The summed E-state index contributed by atoms with van der Waals surface area (Å²) in [7, 11) is 0. The van der Waals surface area contributed by atoms with Crippen molar-refractivity contribution in [2.75, 3.05) is 19.8 Å². The van der Waals surface area contributed by atoms with Gasteiger partial charge in [-0.25, -0.2) is 0 Å². The lowest BCUT2D eigenvalue weighted by atomic mass is 10.4. The smallest absolute Gasteiger partial charge is 0.185 e. The summed E-state index contributed by atoms with van der Waals surface area (Å²) in [6.07, 6.45) is 0.670. The molecule has 0 aliphatic carbocycles. The molecule has 1 heterocycles. The van der Waals surface area contributed by atoms with E-state index in [2.05, 4.69) is 0 Å². The summed E-state index contributed by atoms with van der Waals surface area (Å²) in [5.74, 6) is 0.983. The molecule has 0 atom stereocenters. The van der Waals surface area contributed by atoms with Crippen LogP contribution >= 0.6 is 0 Å². The van der Waals surface area contributed by atoms with E-state index in [0.29, 0.717) is 44.2 Å². The Labute approximate surface area is 82.8 Å². The topological polar surface area (TPSA) is 48.7 Å². The second-order valence-corrected chi connectivity index (χ2v) is 2.67. The Morgan fingerprint density at radius 3 is 2.79 bits per heavy atom. The van der Waals surface area contributed by atoms with Gasteiger partial charge in [0.25, 0.3) is 0 Å². The Morgan fingerprint density at radius 1 is 1.36 bits per heavy atom. The average molecular weight is 198 g/mol. The first-order valence-corrected chi connectivity index (χ1v) is 4.56. The summed E-state index contributed by atoms with van der Waals surface area (Å²) >= 11 is 0. The fraction of sp³-hybridized carbons (Fsp3) is 0.500. The molecule has 0 unspecified atom stereocenters. The third-order valence-corrected chi connectivity index (χ3v) is 1.62. The molecule has 0 spiro atoms. The number of hydrogen-bond acceptors (Lipinski definition) is 4. The molecule has 1 aromatic heterocycles. The Hall–Kier alpha value is -1.13. The quantitative estimate of drug-likeness (QED) is 0.493. The number of carbonyl (C=O) groups excluding carboxylic acids is 1. The van der Waals surface area contributed by atoms with Gasteiger partial charge in [-0.2, -0.15) is 0 Å². The SMILES string of the molecule is CCOCCOCc1ccc(C=O)o1. The average Bonchev–Trinajstić information content (AvgIpc) is 2.65. The highest BCUT2D eigenvalue weighted by Gasteiger charge is 2.00. The maximum absolute atomic E-state index is 10.3. The molecule has 0 aliphatic rings. The highest BCUT2D eigenvalue weighted by molar-refractivity contribution is 5.70. The van der Waals surface area contributed by atoms with Crippen LogP contribution in [0.15, 0.2) is 16.5 Å². The van der Waals surface area contributed by atoms with Crippen molar-refractivity contribution >= 4 is 6.29 Å². The van der Waals surface area contributed by atoms with E-state index in [1.165, 1.54) is 0 Å². The fourth-order valence-electron chi connectivity index (χ4n) is 0.970. The highest BCUT2D eigenvalue weighted by Crippen LogP contribution is 2.06. The second kappa shape index (κ2) is 6.34. The first-order valence-electron chi connectivity index (χ1n) is 4.56. The summed E-state index contributed by atoms with van der Waals surface area (Å²) in [6.45, 7) is 4.12. The maximum Gasteiger partial charge on any atom is 0.185 e. The zero-order valence-corrected chi connectivity index (χ0v) is 8.19. The van der Waals surface area contributed by atoms with Crippen LogP contribution in [0.25, 0.3) is 0 Å². The van der Waals surface area contributed by atoms with E-state index in [9.17, 15) is 4.79 Å². The minimum Gasteiger partial charge on any atom is -0.456 e. The molecule has 4 heteroatoms. The number of rotatable bonds is 7. The van der Waals surface area contributed by atoms with Crippen molar-refractivity contribution in [1.29, 1.82) is 0 Å². The van der Waals surface area contributed by atoms with Gasteiger partial charge in [0.1, 0.15) is 12.4 Å². The third kappa shape index (κ3) is 3.72. The molecular formula is C10H14O4. The molecule has 0 aliphatic heterocycles. The van der Waals surface area contributed by atoms with E-state index in [4.69, 9.17) is 13.9 Å². The normalized spacial score (nSPS) is 10.4. The summed E-state index contributed by atoms with van der Waals surface area (Å²) in [6, 6.07) is 3.35. The summed E-state index contributed by atoms with van der Waals surface area (Å²) in [4.78, 5) is 10.3. The summed E-state index contributed by atoms with van der Waals surface area (Å²) in [5, 5.41) is 0. The number of hydrogen-bond donors (Lipinski definition) is 0. The molecule has 0 bridgehead atoms. The largest absolute Gasteiger partial charge is 0.456 e. The number of carbonyl (C=O) groups is 1. The van der Waals surface area contributed by atoms with Crippen LogP contribution in [0.5, 0.6) is 0 Å². The number of ether oxygens (including phenoxy) is 2. The minimum absolute atomic E-state index is 0.327. The van der Waals surface area contributed by atoms with Crippen molar-refractivity contribution in [2.45, 2.75) is 13.5 Å². The van der Waals surface area contributed by atoms with Crippen LogP contribution in [0.4, 0.5) is 0 Å². The lowest BCUT2D eigenvalue weighted by molar-refractivity contribution is 0.0388. The zero-order chi connectivity index (χ0) is 10.2. The van der Waals surface area contributed by atoms with E-state index < -0.39 is 0 Å². The molecule has 0 aromatic carbocycles. The first-order chi connectivity index (χ1) is 6.86. The van der Waals surface area contributed by atoms with Crippen LogP contribution < -0.4 is 0 Å². The fourth-order valence-corrected chi connectivity index (χ4v) is 0.970. The van der Waals surface area contributed by atoms with Gasteiger partial charge < -0.3 is 13.9 Å². The van der Waals surface area contributed by atoms with Crippen LogP contribution in [-0.4, -0.2) is 26.1 Å². The predicted octanol–water partition coefficient (Wildman–Crippen LogP) is 1.65. The standard InChI is InChI=1S/C10H14O4/c1-2-12-5-6-13-8-10-4-3-9(7-11)14-10/h3-4,7H,2,5-6,8H2,1H3. The van der Waals surface area contributed by atoms with Gasteiger partial charge in [0, 0.05) is 6.61 Å². The highest BCUT2D eigenvalue weighted by atomic mass is 16.5. The number of aldehydes is 1. The van der Waals surface area contributed by atoms with Gasteiger partial charge in [0.15, 0.2) is 12.0 Å². The van der Waals surface area contributed by atoms with Crippen molar-refractivity contribution in [3.05, 3.63) is 23.7 Å². The monoisotopic (exact) mass is 198 g/mol. The molecule has 0 amide bonds. The van der Waals surface area contributed by atoms with Gasteiger partial charge in [-0.15, -0.1) is 0 Å². The maximum atomic E-state index is 10.3. The van der Waals surface area contributed by atoms with Crippen molar-refractivity contribution in [2.24, 2.45) is 0 Å². The van der Waals surface area contributed by atoms with E-state index in [-0.39, 0.29) is 0 Å². The molecule has 1 aromatic rings. The van der Waals surface area contributed by atoms with Crippen LogP contribution in [0.1, 0.15) is 23.2 Å². The van der Waals surface area contributed by atoms with Crippen molar-refractivity contribution < 1.29 is 18.7 Å². The molecule has 4 nitrogen and oxygen atoms in total. The van der Waals surface area contributed by atoms with E-state index in [1.54, 1.807) is 12.1 Å². The van der Waals surface area contributed by atoms with E-state index in [1.807, 2.05) is 6.92 Å². The lowest BCUT2D eigenvalue weighted by Crippen LogP contribution is -2.03. The summed E-state index contributed by atoms with van der Waals surface area (Å²) in [5.41, 5.74) is 0. The van der Waals surface area contributed by atoms with E-state index >= 15 is 0 Å². The lowest BCUT2D eigenvalue weighted by Gasteiger charge is -2.01. The van der Waals surface area contributed by atoms with E-state index in [0.717, 1.165) is 0 Å². The minimum atomic E-state index is 0.327. The second-order valence-electron chi connectivity index (χ2n) is 2.67. The van der Waals surface area contributed by atoms with Crippen LogP contribution in [0.2, 0.25) is 0 Å². The third-order valence-electron chi connectivity index (χ3n) is 1.62. The van der Waals surface area contributed by atoms with Crippen LogP contribution in [0, 0.1) is 0 Å². The Balaban J connectivity index is 2.14. The van der Waals surface area contributed by atoms with Gasteiger partial charge in [0.2, 0.25) is 0 Å². The molecule has 0 saturated carbocycles. The molecule has 0 fully saturated rings. The zero-order valence-electron chi connectivity index (χ0n) is 8.19. The van der Waals surface area contributed by atoms with Crippen molar-refractivity contribution in [1.82, 2.24) is 0 Å².